The molecule has 0 spiro atoms. The van der Waals surface area contributed by atoms with Crippen LogP contribution in [0.4, 0.5) is 0 Å². The SMILES string of the molecule is CCOc1ccc(-c2cc(C(N)=O)on2)cc1. The molecule has 0 unspecified atom stereocenters. The highest BCUT2D eigenvalue weighted by atomic mass is 16.5. The van der Waals surface area contributed by atoms with E-state index >= 15 is 0 Å². The Balaban J connectivity index is 2.23. The highest BCUT2D eigenvalue weighted by molar-refractivity contribution is 5.90. The molecule has 0 saturated carbocycles. The molecule has 1 heterocycles. The van der Waals surface area contributed by atoms with Crippen molar-refractivity contribution in [3.05, 3.63) is 36.1 Å². The summed E-state index contributed by atoms with van der Waals surface area (Å²) in [5, 5.41) is 3.77. The molecule has 0 radical (unpaired) electrons. The number of hydrogen-bond acceptors (Lipinski definition) is 4. The van der Waals surface area contributed by atoms with Gasteiger partial charge in [0.2, 0.25) is 5.76 Å². The Morgan fingerprint density at radius 2 is 2.12 bits per heavy atom. The van der Waals surface area contributed by atoms with Gasteiger partial charge in [0.15, 0.2) is 0 Å². The smallest absolute Gasteiger partial charge is 0.287 e. The first-order valence-electron chi connectivity index (χ1n) is 5.20. The third-order valence-electron chi connectivity index (χ3n) is 2.21. The molecule has 0 aliphatic rings. The number of carbonyl (C=O) groups is 1. The van der Waals surface area contributed by atoms with Crippen molar-refractivity contribution in [2.45, 2.75) is 6.92 Å². The summed E-state index contributed by atoms with van der Waals surface area (Å²) in [7, 11) is 0. The van der Waals surface area contributed by atoms with Crippen LogP contribution in [0.1, 0.15) is 17.5 Å². The van der Waals surface area contributed by atoms with Gasteiger partial charge in [0, 0.05) is 11.6 Å². The minimum absolute atomic E-state index is 0.0499. The molecule has 2 N–H and O–H groups in total. The number of amides is 1. The fourth-order valence-electron chi connectivity index (χ4n) is 1.42. The molecule has 0 aliphatic heterocycles. The first kappa shape index (κ1) is 11.2. The number of nitrogens with two attached hydrogens (primary N) is 1. The van der Waals surface area contributed by atoms with E-state index in [0.717, 1.165) is 11.3 Å². The lowest BCUT2D eigenvalue weighted by atomic mass is 10.1. The van der Waals surface area contributed by atoms with Gasteiger partial charge in [0.1, 0.15) is 11.4 Å². The summed E-state index contributed by atoms with van der Waals surface area (Å²) in [5.41, 5.74) is 6.48. The predicted octanol–water partition coefficient (Wildman–Crippen LogP) is 1.84. The van der Waals surface area contributed by atoms with E-state index in [1.165, 1.54) is 6.07 Å². The summed E-state index contributed by atoms with van der Waals surface area (Å²) < 4.78 is 10.1. The maximum Gasteiger partial charge on any atom is 0.287 e. The highest BCUT2D eigenvalue weighted by Gasteiger charge is 2.10. The minimum atomic E-state index is -0.630. The molecular weight excluding hydrogens is 220 g/mol. The molecular formula is C12H12N2O3. The number of nitrogens with zero attached hydrogens (tertiary/aromatic N) is 1. The summed E-state index contributed by atoms with van der Waals surface area (Å²) in [6.45, 7) is 2.54. The molecule has 88 valence electrons. The largest absolute Gasteiger partial charge is 0.494 e. The Morgan fingerprint density at radius 3 is 2.65 bits per heavy atom. The molecule has 1 aromatic carbocycles. The van der Waals surface area contributed by atoms with Crippen LogP contribution < -0.4 is 10.5 Å². The first-order valence-corrected chi connectivity index (χ1v) is 5.20. The molecule has 17 heavy (non-hydrogen) atoms. The predicted molar refractivity (Wildman–Crippen MR) is 61.6 cm³/mol. The highest BCUT2D eigenvalue weighted by Crippen LogP contribution is 2.22. The lowest BCUT2D eigenvalue weighted by molar-refractivity contribution is 0.0965. The Kier molecular flexibility index (Phi) is 3.09. The van der Waals surface area contributed by atoms with Gasteiger partial charge in [0.25, 0.3) is 5.91 Å². The molecule has 0 aliphatic carbocycles. The molecule has 2 rings (SSSR count). The van der Waals surface area contributed by atoms with Crippen LogP contribution in [-0.2, 0) is 0 Å². The monoisotopic (exact) mass is 232 g/mol. The van der Waals surface area contributed by atoms with Crippen molar-refractivity contribution in [2.24, 2.45) is 5.73 Å². The minimum Gasteiger partial charge on any atom is -0.494 e. The van der Waals surface area contributed by atoms with Crippen molar-refractivity contribution >= 4 is 5.91 Å². The molecule has 2 aromatic rings. The summed E-state index contributed by atoms with van der Waals surface area (Å²) >= 11 is 0. The lowest BCUT2D eigenvalue weighted by Crippen LogP contribution is -2.09. The molecule has 1 amide bonds. The zero-order valence-corrected chi connectivity index (χ0v) is 9.34. The van der Waals surface area contributed by atoms with E-state index in [1.54, 1.807) is 0 Å². The van der Waals surface area contributed by atoms with Crippen molar-refractivity contribution in [3.8, 4) is 17.0 Å². The van der Waals surface area contributed by atoms with Gasteiger partial charge < -0.3 is 15.0 Å². The molecule has 0 saturated heterocycles. The zero-order chi connectivity index (χ0) is 12.3. The van der Waals surface area contributed by atoms with Crippen LogP contribution in [0.15, 0.2) is 34.9 Å². The van der Waals surface area contributed by atoms with E-state index in [4.69, 9.17) is 15.0 Å². The second kappa shape index (κ2) is 4.69. The van der Waals surface area contributed by atoms with E-state index in [9.17, 15) is 4.79 Å². The number of primary amides is 1. The van der Waals surface area contributed by atoms with Crippen molar-refractivity contribution in [1.29, 1.82) is 0 Å². The van der Waals surface area contributed by atoms with Crippen LogP contribution in [0.5, 0.6) is 5.75 Å². The second-order valence-electron chi connectivity index (χ2n) is 3.40. The average molecular weight is 232 g/mol. The van der Waals surface area contributed by atoms with Gasteiger partial charge in [-0.25, -0.2) is 0 Å². The maximum atomic E-state index is 10.9. The van der Waals surface area contributed by atoms with Crippen molar-refractivity contribution in [2.75, 3.05) is 6.61 Å². The van der Waals surface area contributed by atoms with E-state index in [-0.39, 0.29) is 5.76 Å². The number of carbonyl (C=O) groups excluding carboxylic acids is 1. The normalized spacial score (nSPS) is 10.2. The summed E-state index contributed by atoms with van der Waals surface area (Å²) in [5.74, 6) is 0.207. The van der Waals surface area contributed by atoms with Gasteiger partial charge in [-0.3, -0.25) is 4.79 Å². The quantitative estimate of drug-likeness (QED) is 0.872. The van der Waals surface area contributed by atoms with Crippen LogP contribution in [0.25, 0.3) is 11.3 Å². The summed E-state index contributed by atoms with van der Waals surface area (Å²) in [6, 6.07) is 8.86. The molecule has 5 nitrogen and oxygen atoms in total. The zero-order valence-electron chi connectivity index (χ0n) is 9.34. The van der Waals surface area contributed by atoms with Crippen LogP contribution in [0.3, 0.4) is 0 Å². The number of aromatic nitrogens is 1. The second-order valence-corrected chi connectivity index (χ2v) is 3.40. The number of hydrogen-bond donors (Lipinski definition) is 1. The van der Waals surface area contributed by atoms with Gasteiger partial charge in [-0.1, -0.05) is 5.16 Å². The van der Waals surface area contributed by atoms with Crippen molar-refractivity contribution < 1.29 is 14.1 Å². The topological polar surface area (TPSA) is 78.4 Å². The van der Waals surface area contributed by atoms with Gasteiger partial charge in [-0.05, 0) is 31.2 Å². The Labute approximate surface area is 98.2 Å². The number of benzene rings is 1. The molecule has 0 fully saturated rings. The first-order chi connectivity index (χ1) is 8.20. The summed E-state index contributed by atoms with van der Waals surface area (Å²) in [6.07, 6.45) is 0. The Morgan fingerprint density at radius 1 is 1.41 bits per heavy atom. The van der Waals surface area contributed by atoms with Gasteiger partial charge >= 0.3 is 0 Å². The Bertz CT molecular complexity index is 517. The van der Waals surface area contributed by atoms with Crippen LogP contribution in [-0.4, -0.2) is 17.7 Å². The maximum absolute atomic E-state index is 10.9. The van der Waals surface area contributed by atoms with E-state index in [1.807, 2.05) is 31.2 Å². The van der Waals surface area contributed by atoms with Crippen LogP contribution >= 0.6 is 0 Å². The lowest BCUT2D eigenvalue weighted by Gasteiger charge is -2.02. The average Bonchev–Trinajstić information content (AvgIpc) is 2.80. The van der Waals surface area contributed by atoms with Crippen LogP contribution in [0, 0.1) is 0 Å². The van der Waals surface area contributed by atoms with Crippen LogP contribution in [0.2, 0.25) is 0 Å². The van der Waals surface area contributed by atoms with Gasteiger partial charge in [-0.15, -0.1) is 0 Å². The molecule has 0 bridgehead atoms. The van der Waals surface area contributed by atoms with E-state index in [2.05, 4.69) is 5.16 Å². The Hall–Kier alpha value is -2.30. The molecule has 0 atom stereocenters. The number of rotatable bonds is 4. The van der Waals surface area contributed by atoms with E-state index < -0.39 is 5.91 Å². The third kappa shape index (κ3) is 2.44. The fourth-order valence-corrected chi connectivity index (χ4v) is 1.42. The molecule has 1 aromatic heterocycles. The van der Waals surface area contributed by atoms with Crippen molar-refractivity contribution in [3.63, 3.8) is 0 Å². The van der Waals surface area contributed by atoms with Gasteiger partial charge in [-0.2, -0.15) is 0 Å². The van der Waals surface area contributed by atoms with Crippen molar-refractivity contribution in [1.82, 2.24) is 5.16 Å². The van der Waals surface area contributed by atoms with Gasteiger partial charge in [0.05, 0.1) is 6.61 Å². The standard InChI is InChI=1S/C12H12N2O3/c1-2-16-9-5-3-8(4-6-9)10-7-11(12(13)15)17-14-10/h3-7H,2H2,1H3,(H2,13,15). The van der Waals surface area contributed by atoms with E-state index in [0.29, 0.717) is 12.3 Å². The molecule has 5 heteroatoms. The number of ether oxygens (including phenoxy) is 1. The third-order valence-corrected chi connectivity index (χ3v) is 2.21. The summed E-state index contributed by atoms with van der Waals surface area (Å²) in [4.78, 5) is 10.9. The fraction of sp³-hybridized carbons (Fsp3) is 0.167.